The Morgan fingerprint density at radius 3 is 2.71 bits per heavy atom. The van der Waals surface area contributed by atoms with Gasteiger partial charge in [-0.1, -0.05) is 49.4 Å². The smallest absolute Gasteiger partial charge is 0.0558 e. The lowest BCUT2D eigenvalue weighted by molar-refractivity contribution is 0.150. The topological polar surface area (TPSA) is 39.3 Å². The summed E-state index contributed by atoms with van der Waals surface area (Å²) in [5.41, 5.74) is 6.61. The highest BCUT2D eigenvalue weighted by Gasteiger charge is 2.28. The van der Waals surface area contributed by atoms with Crippen LogP contribution in [0, 0.1) is 0 Å². The molecule has 0 radical (unpaired) electrons. The van der Waals surface area contributed by atoms with E-state index in [1.54, 1.807) is 0 Å². The lowest BCUT2D eigenvalue weighted by Gasteiger charge is -2.34. The zero-order valence-electron chi connectivity index (χ0n) is 14.1. The minimum absolute atomic E-state index is 0.218. The number of hydrogen-bond acceptors (Lipinski definition) is 2. The van der Waals surface area contributed by atoms with Gasteiger partial charge in [-0.25, -0.2) is 0 Å². The second kappa shape index (κ2) is 6.42. The van der Waals surface area contributed by atoms with Crippen LogP contribution in [-0.4, -0.2) is 34.7 Å². The van der Waals surface area contributed by atoms with Crippen molar-refractivity contribution in [2.24, 2.45) is 0 Å². The van der Waals surface area contributed by atoms with E-state index in [1.165, 1.54) is 33.3 Å². The van der Waals surface area contributed by atoms with Gasteiger partial charge in [0.05, 0.1) is 6.61 Å². The molecule has 0 saturated carbocycles. The maximum absolute atomic E-state index is 9.39. The zero-order valence-corrected chi connectivity index (χ0v) is 14.1. The Kier molecular flexibility index (Phi) is 4.13. The highest BCUT2D eigenvalue weighted by atomic mass is 16.3. The van der Waals surface area contributed by atoms with Gasteiger partial charge in [-0.3, -0.25) is 4.90 Å². The Morgan fingerprint density at radius 1 is 1.12 bits per heavy atom. The van der Waals surface area contributed by atoms with Crippen molar-refractivity contribution in [2.45, 2.75) is 25.8 Å². The number of nitrogens with one attached hydrogen (secondary N) is 1. The van der Waals surface area contributed by atoms with Gasteiger partial charge >= 0.3 is 0 Å². The molecule has 2 N–H and O–H groups in total. The number of nitrogens with zero attached hydrogens (tertiary/aromatic N) is 1. The molecule has 1 unspecified atom stereocenters. The van der Waals surface area contributed by atoms with Crippen LogP contribution in [0.15, 0.2) is 48.5 Å². The average Bonchev–Trinajstić information content (AvgIpc) is 3.02. The number of aryl methyl sites for hydroxylation is 1. The van der Waals surface area contributed by atoms with E-state index in [4.69, 9.17) is 0 Å². The van der Waals surface area contributed by atoms with Crippen LogP contribution in [0.1, 0.15) is 30.5 Å². The highest BCUT2D eigenvalue weighted by Crippen LogP contribution is 2.42. The molecule has 1 aliphatic rings. The van der Waals surface area contributed by atoms with Crippen molar-refractivity contribution in [1.82, 2.24) is 9.88 Å². The molecule has 24 heavy (non-hydrogen) atoms. The van der Waals surface area contributed by atoms with E-state index in [1.807, 2.05) is 0 Å². The minimum Gasteiger partial charge on any atom is -0.395 e. The maximum atomic E-state index is 9.39. The first-order chi connectivity index (χ1) is 11.8. The Balaban J connectivity index is 1.86. The summed E-state index contributed by atoms with van der Waals surface area (Å²) in [7, 11) is 0. The fraction of sp³-hybridized carbons (Fsp3) is 0.333. The van der Waals surface area contributed by atoms with E-state index in [2.05, 4.69) is 65.3 Å². The lowest BCUT2D eigenvalue weighted by Crippen LogP contribution is -2.33. The molecule has 2 aromatic carbocycles. The summed E-state index contributed by atoms with van der Waals surface area (Å²) in [6.45, 7) is 4.10. The largest absolute Gasteiger partial charge is 0.395 e. The molecule has 0 spiro atoms. The summed E-state index contributed by atoms with van der Waals surface area (Å²) in [5.74, 6) is 0. The summed E-state index contributed by atoms with van der Waals surface area (Å²) in [6.07, 6.45) is 2.19. The number of benzene rings is 2. The third-order valence-electron chi connectivity index (χ3n) is 5.28. The molecule has 1 aliphatic carbocycles. The van der Waals surface area contributed by atoms with Crippen molar-refractivity contribution in [3.63, 3.8) is 0 Å². The first-order valence-corrected chi connectivity index (χ1v) is 8.87. The third-order valence-corrected chi connectivity index (χ3v) is 5.28. The molecule has 1 aromatic heterocycles. The van der Waals surface area contributed by atoms with Crippen LogP contribution in [0.25, 0.3) is 22.2 Å². The zero-order chi connectivity index (χ0) is 16.5. The van der Waals surface area contributed by atoms with E-state index in [0.29, 0.717) is 6.04 Å². The predicted molar refractivity (Wildman–Crippen MR) is 99.1 cm³/mol. The SMILES string of the molecule is CCN(CCO)C1CCc2c(-c3ccccc3)[nH]c3cccc1c23. The van der Waals surface area contributed by atoms with Gasteiger partial charge in [-0.2, -0.15) is 0 Å². The van der Waals surface area contributed by atoms with E-state index < -0.39 is 0 Å². The number of H-pyrrole nitrogens is 1. The van der Waals surface area contributed by atoms with Crippen LogP contribution in [0.3, 0.4) is 0 Å². The minimum atomic E-state index is 0.218. The Hall–Kier alpha value is -2.10. The number of aliphatic hydroxyl groups excluding tert-OH is 1. The molecule has 3 nitrogen and oxygen atoms in total. The lowest BCUT2D eigenvalue weighted by atomic mass is 9.86. The normalized spacial score (nSPS) is 16.9. The van der Waals surface area contributed by atoms with Gasteiger partial charge in [-0.05, 0) is 42.1 Å². The summed E-state index contributed by atoms with van der Waals surface area (Å²) >= 11 is 0. The molecule has 1 atom stereocenters. The van der Waals surface area contributed by atoms with Gasteiger partial charge in [-0.15, -0.1) is 0 Å². The summed E-state index contributed by atoms with van der Waals surface area (Å²) in [4.78, 5) is 6.05. The number of aromatic nitrogens is 1. The van der Waals surface area contributed by atoms with Crippen LogP contribution in [0.2, 0.25) is 0 Å². The van der Waals surface area contributed by atoms with Crippen molar-refractivity contribution in [3.05, 3.63) is 59.7 Å². The van der Waals surface area contributed by atoms with Gasteiger partial charge in [0.15, 0.2) is 0 Å². The van der Waals surface area contributed by atoms with E-state index in [0.717, 1.165) is 25.9 Å². The molecule has 3 heteroatoms. The Bertz CT molecular complexity index is 838. The summed E-state index contributed by atoms with van der Waals surface area (Å²) in [5, 5.41) is 10.8. The molecule has 124 valence electrons. The van der Waals surface area contributed by atoms with E-state index in [-0.39, 0.29) is 6.61 Å². The quantitative estimate of drug-likeness (QED) is 0.742. The van der Waals surface area contributed by atoms with Gasteiger partial charge in [0, 0.05) is 29.2 Å². The van der Waals surface area contributed by atoms with Crippen molar-refractivity contribution in [2.75, 3.05) is 19.7 Å². The molecule has 0 fully saturated rings. The van der Waals surface area contributed by atoms with Crippen LogP contribution in [0.5, 0.6) is 0 Å². The molecule has 4 rings (SSSR count). The fourth-order valence-corrected chi connectivity index (χ4v) is 4.20. The van der Waals surface area contributed by atoms with Crippen molar-refractivity contribution >= 4 is 10.9 Å². The van der Waals surface area contributed by atoms with Crippen molar-refractivity contribution in [1.29, 1.82) is 0 Å². The maximum Gasteiger partial charge on any atom is 0.0558 e. The first kappa shape index (κ1) is 15.4. The molecular weight excluding hydrogens is 296 g/mol. The van der Waals surface area contributed by atoms with Crippen molar-refractivity contribution < 1.29 is 5.11 Å². The molecule has 3 aromatic rings. The molecule has 0 amide bonds. The number of rotatable bonds is 5. The number of likely N-dealkylation sites (N-methyl/N-ethyl adjacent to an activating group) is 1. The van der Waals surface area contributed by atoms with Crippen LogP contribution in [0.4, 0.5) is 0 Å². The first-order valence-electron chi connectivity index (χ1n) is 8.87. The van der Waals surface area contributed by atoms with Crippen molar-refractivity contribution in [3.8, 4) is 11.3 Å². The predicted octanol–water partition coefficient (Wildman–Crippen LogP) is 4.14. The van der Waals surface area contributed by atoms with Crippen LogP contribution < -0.4 is 0 Å². The van der Waals surface area contributed by atoms with Crippen LogP contribution in [-0.2, 0) is 6.42 Å². The second-order valence-electron chi connectivity index (χ2n) is 6.52. The number of aliphatic hydroxyl groups is 1. The third kappa shape index (κ3) is 2.45. The second-order valence-corrected chi connectivity index (χ2v) is 6.52. The number of hydrogen-bond donors (Lipinski definition) is 2. The van der Waals surface area contributed by atoms with Gasteiger partial charge < -0.3 is 10.1 Å². The molecule has 1 heterocycles. The summed E-state index contributed by atoms with van der Waals surface area (Å²) in [6, 6.07) is 17.6. The van der Waals surface area contributed by atoms with E-state index >= 15 is 0 Å². The standard InChI is InChI=1S/C21H24N2O/c1-2-23(13-14-24)19-12-11-17-20-16(19)9-6-10-18(20)22-21(17)15-7-4-3-5-8-15/h3-10,19,22,24H,2,11-14H2,1H3. The van der Waals surface area contributed by atoms with Crippen LogP contribution >= 0.6 is 0 Å². The van der Waals surface area contributed by atoms with E-state index in [9.17, 15) is 5.11 Å². The highest BCUT2D eigenvalue weighted by molar-refractivity contribution is 5.94. The van der Waals surface area contributed by atoms with Gasteiger partial charge in [0.1, 0.15) is 0 Å². The van der Waals surface area contributed by atoms with Gasteiger partial charge in [0.2, 0.25) is 0 Å². The van der Waals surface area contributed by atoms with Gasteiger partial charge in [0.25, 0.3) is 0 Å². The Morgan fingerprint density at radius 2 is 1.96 bits per heavy atom. The monoisotopic (exact) mass is 320 g/mol. The molecule has 0 bridgehead atoms. The molecular formula is C21H24N2O. The fourth-order valence-electron chi connectivity index (χ4n) is 4.20. The number of aromatic amines is 1. The summed E-state index contributed by atoms with van der Waals surface area (Å²) < 4.78 is 0. The molecule has 0 saturated heterocycles. The average molecular weight is 320 g/mol. The molecule has 0 aliphatic heterocycles. The Labute approximate surface area is 142 Å².